The lowest BCUT2D eigenvalue weighted by atomic mass is 9.98. The second-order valence-corrected chi connectivity index (χ2v) is 8.04. The van der Waals surface area contributed by atoms with E-state index in [4.69, 9.17) is 0 Å². The number of carbonyl (C=O) groups is 1. The topological polar surface area (TPSA) is 63.1 Å². The van der Waals surface area contributed by atoms with Crippen molar-refractivity contribution in [3.05, 3.63) is 28.3 Å². The quantitative estimate of drug-likeness (QED) is 0.810. The molecule has 2 aliphatic heterocycles. The molecule has 1 fully saturated rings. The van der Waals surface area contributed by atoms with E-state index in [9.17, 15) is 18.0 Å². The van der Waals surface area contributed by atoms with Crippen LogP contribution in [0.15, 0.2) is 17.0 Å². The second-order valence-electron chi connectivity index (χ2n) is 7.33. The molecule has 152 valence electrons. The summed E-state index contributed by atoms with van der Waals surface area (Å²) in [4.78, 5) is 18.6. The average Bonchev–Trinajstić information content (AvgIpc) is 3.35. The maximum absolute atomic E-state index is 13.6. The van der Waals surface area contributed by atoms with Gasteiger partial charge in [0.15, 0.2) is 6.04 Å². The van der Waals surface area contributed by atoms with Gasteiger partial charge in [-0.1, -0.05) is 6.92 Å². The lowest BCUT2D eigenvalue weighted by Gasteiger charge is -2.34. The summed E-state index contributed by atoms with van der Waals surface area (Å²) in [5.74, 6) is 0.186. The van der Waals surface area contributed by atoms with E-state index in [2.05, 4.69) is 15.4 Å². The molecule has 2 aliphatic rings. The molecular formula is C18H22F3N5OS. The molecule has 28 heavy (non-hydrogen) atoms. The van der Waals surface area contributed by atoms with Gasteiger partial charge >= 0.3 is 6.18 Å². The van der Waals surface area contributed by atoms with Gasteiger partial charge in [-0.2, -0.15) is 18.3 Å². The number of amides is 1. The Hall–Kier alpha value is -2.10. The molecule has 0 radical (unpaired) electrons. The minimum absolute atomic E-state index is 0.0414. The maximum Gasteiger partial charge on any atom is 0.410 e. The van der Waals surface area contributed by atoms with Gasteiger partial charge < -0.3 is 10.2 Å². The van der Waals surface area contributed by atoms with E-state index in [0.29, 0.717) is 36.6 Å². The van der Waals surface area contributed by atoms with Crippen molar-refractivity contribution in [3.8, 4) is 0 Å². The number of carbonyl (C=O) groups excluding carboxylic acids is 1. The Bertz CT molecular complexity index is 835. The Kier molecular flexibility index (Phi) is 5.07. The number of nitrogens with zero attached hydrogens (tertiary/aromatic N) is 4. The van der Waals surface area contributed by atoms with Gasteiger partial charge in [-0.05, 0) is 32.1 Å². The van der Waals surface area contributed by atoms with Crippen molar-refractivity contribution in [1.29, 1.82) is 0 Å². The minimum Gasteiger partial charge on any atom is -0.367 e. The zero-order valence-corrected chi connectivity index (χ0v) is 16.3. The number of alkyl halides is 3. The van der Waals surface area contributed by atoms with Gasteiger partial charge in [0.05, 0.1) is 17.2 Å². The molecule has 0 spiro atoms. The first kappa shape index (κ1) is 19.2. The first-order valence-electron chi connectivity index (χ1n) is 9.50. The minimum atomic E-state index is -4.36. The zero-order valence-electron chi connectivity index (χ0n) is 15.4. The number of aromatic nitrogens is 3. The van der Waals surface area contributed by atoms with Crippen LogP contribution in [0.4, 0.5) is 19.0 Å². The van der Waals surface area contributed by atoms with Gasteiger partial charge in [0, 0.05) is 24.0 Å². The molecule has 6 nitrogen and oxygen atoms in total. The number of hydrogen-bond acceptors (Lipinski definition) is 5. The molecule has 1 amide bonds. The summed E-state index contributed by atoms with van der Waals surface area (Å²) in [6.07, 6.45) is -1.36. The maximum atomic E-state index is 13.6. The third kappa shape index (κ3) is 3.49. The Labute approximate surface area is 164 Å². The number of thiazole rings is 1. The van der Waals surface area contributed by atoms with E-state index in [1.54, 1.807) is 21.9 Å². The third-order valence-electron chi connectivity index (χ3n) is 5.54. The van der Waals surface area contributed by atoms with Crippen molar-refractivity contribution < 1.29 is 18.0 Å². The van der Waals surface area contributed by atoms with Gasteiger partial charge in [0.25, 0.3) is 5.91 Å². The molecule has 4 heterocycles. The van der Waals surface area contributed by atoms with Crippen molar-refractivity contribution in [2.24, 2.45) is 0 Å². The molecular weight excluding hydrogens is 391 g/mol. The first-order chi connectivity index (χ1) is 13.4. The van der Waals surface area contributed by atoms with E-state index in [1.807, 2.05) is 6.92 Å². The summed E-state index contributed by atoms with van der Waals surface area (Å²) in [7, 11) is 0. The van der Waals surface area contributed by atoms with Gasteiger partial charge in [-0.15, -0.1) is 11.3 Å². The van der Waals surface area contributed by atoms with Crippen molar-refractivity contribution in [3.63, 3.8) is 0 Å². The number of likely N-dealkylation sites (tertiary alicyclic amines) is 1. The number of fused-ring (bicyclic) bond motifs is 1. The van der Waals surface area contributed by atoms with Crippen LogP contribution in [0.25, 0.3) is 0 Å². The van der Waals surface area contributed by atoms with Crippen LogP contribution in [0, 0.1) is 0 Å². The zero-order chi connectivity index (χ0) is 19.9. The molecule has 0 aliphatic carbocycles. The summed E-state index contributed by atoms with van der Waals surface area (Å²) >= 11 is 1.34. The highest BCUT2D eigenvalue weighted by molar-refractivity contribution is 7.07. The van der Waals surface area contributed by atoms with Gasteiger partial charge in [-0.3, -0.25) is 4.79 Å². The highest BCUT2D eigenvalue weighted by Crippen LogP contribution is 2.42. The van der Waals surface area contributed by atoms with Gasteiger partial charge in [0.2, 0.25) is 0 Å². The van der Waals surface area contributed by atoms with Crippen molar-refractivity contribution in [1.82, 2.24) is 19.7 Å². The van der Waals surface area contributed by atoms with E-state index in [-0.39, 0.29) is 24.4 Å². The Balaban J connectivity index is 1.67. The number of nitrogens with one attached hydrogen (secondary N) is 1. The molecule has 0 aromatic carbocycles. The highest BCUT2D eigenvalue weighted by atomic mass is 32.1. The van der Waals surface area contributed by atoms with Gasteiger partial charge in [0.1, 0.15) is 11.5 Å². The van der Waals surface area contributed by atoms with Crippen molar-refractivity contribution in [2.45, 2.75) is 63.3 Å². The molecule has 0 unspecified atom stereocenters. The molecule has 3 atom stereocenters. The SMILES string of the molecule is CC[C@@H]1C[C@H](C(F)(F)F)n2nc([C@@H]3CCCCN3C(=O)c3cscn3)cc2N1. The lowest BCUT2D eigenvalue weighted by molar-refractivity contribution is -0.173. The van der Waals surface area contributed by atoms with E-state index >= 15 is 0 Å². The Morgan fingerprint density at radius 2 is 2.21 bits per heavy atom. The largest absolute Gasteiger partial charge is 0.410 e. The molecule has 0 bridgehead atoms. The van der Waals surface area contributed by atoms with Crippen molar-refractivity contribution in [2.75, 3.05) is 11.9 Å². The molecule has 2 aromatic heterocycles. The first-order valence-corrected chi connectivity index (χ1v) is 10.4. The van der Waals surface area contributed by atoms with E-state index < -0.39 is 12.2 Å². The molecule has 4 rings (SSSR count). The number of hydrogen-bond donors (Lipinski definition) is 1. The summed E-state index contributed by atoms with van der Waals surface area (Å²) in [6.45, 7) is 2.42. The second kappa shape index (κ2) is 7.38. The predicted octanol–water partition coefficient (Wildman–Crippen LogP) is 4.40. The van der Waals surface area contributed by atoms with Crippen LogP contribution in [-0.2, 0) is 0 Å². The van der Waals surface area contributed by atoms with Crippen LogP contribution in [-0.4, -0.2) is 44.3 Å². The van der Waals surface area contributed by atoms with E-state index in [1.165, 1.54) is 11.3 Å². The summed E-state index contributed by atoms with van der Waals surface area (Å²) < 4.78 is 41.9. The number of halogens is 3. The predicted molar refractivity (Wildman–Crippen MR) is 99.4 cm³/mol. The molecule has 1 N–H and O–H groups in total. The summed E-state index contributed by atoms with van der Waals surface area (Å²) in [5, 5.41) is 9.19. The van der Waals surface area contributed by atoms with E-state index in [0.717, 1.165) is 17.5 Å². The Morgan fingerprint density at radius 1 is 1.39 bits per heavy atom. The monoisotopic (exact) mass is 413 g/mol. The van der Waals surface area contributed by atoms with Crippen LogP contribution >= 0.6 is 11.3 Å². The normalized spacial score (nSPS) is 25.3. The number of anilines is 1. The summed E-state index contributed by atoms with van der Waals surface area (Å²) in [6, 6.07) is -0.550. The standard InChI is InChI=1S/C18H22F3N5OS/c1-2-11-7-15(18(19,20)21)26-16(23-11)8-12(24-26)14-5-3-4-6-25(14)17(27)13-9-28-10-22-13/h8-11,14-15,23H,2-7H2,1H3/t11-,14+,15-/m1/s1. The fourth-order valence-corrected chi connectivity index (χ4v) is 4.57. The molecule has 1 saturated heterocycles. The Morgan fingerprint density at radius 3 is 2.89 bits per heavy atom. The molecule has 10 heteroatoms. The summed E-state index contributed by atoms with van der Waals surface area (Å²) in [5.41, 5.74) is 2.49. The average molecular weight is 413 g/mol. The van der Waals surface area contributed by atoms with Crippen LogP contribution in [0.3, 0.4) is 0 Å². The molecule has 2 aromatic rings. The highest BCUT2D eigenvalue weighted by Gasteiger charge is 2.46. The van der Waals surface area contributed by atoms with Crippen molar-refractivity contribution >= 4 is 23.1 Å². The number of piperidine rings is 1. The van der Waals surface area contributed by atoms with Crippen LogP contribution in [0.5, 0.6) is 0 Å². The van der Waals surface area contributed by atoms with Gasteiger partial charge in [-0.25, -0.2) is 9.67 Å². The van der Waals surface area contributed by atoms with Crippen LogP contribution in [0.1, 0.15) is 67.3 Å². The number of rotatable bonds is 3. The van der Waals surface area contributed by atoms with Crippen LogP contribution < -0.4 is 5.32 Å². The third-order valence-corrected chi connectivity index (χ3v) is 6.12. The molecule has 0 saturated carbocycles. The lowest BCUT2D eigenvalue weighted by Crippen LogP contribution is -2.40. The smallest absolute Gasteiger partial charge is 0.367 e. The fraction of sp³-hybridized carbons (Fsp3) is 0.611. The fourth-order valence-electron chi connectivity index (χ4n) is 4.05. The van der Waals surface area contributed by atoms with Crippen LogP contribution in [0.2, 0.25) is 0 Å².